The van der Waals surface area contributed by atoms with Gasteiger partial charge in [-0.1, -0.05) is 195 Å². The second kappa shape index (κ2) is 18.2. The Morgan fingerprint density at radius 1 is 0.468 bits per heavy atom. The zero-order valence-electron chi connectivity index (χ0n) is 49.3. The van der Waals surface area contributed by atoms with Crippen molar-refractivity contribution in [3.05, 3.63) is 191 Å². The van der Waals surface area contributed by atoms with Crippen LogP contribution in [0, 0.1) is 6.92 Å². The number of hydrogen-bond acceptors (Lipinski definition) is 2. The smallest absolute Gasteiger partial charge is 0.197 e. The highest BCUT2D eigenvalue weighted by atomic mass is 15.1. The molecule has 1 aromatic heterocycles. The Bertz CT molecular complexity index is 3710. The van der Waals surface area contributed by atoms with E-state index in [4.69, 9.17) is 0 Å². The lowest BCUT2D eigenvalue weighted by Gasteiger charge is -2.42. The van der Waals surface area contributed by atoms with Crippen LogP contribution in [0.2, 0.25) is 0 Å². The van der Waals surface area contributed by atoms with Gasteiger partial charge in [0.1, 0.15) is 0 Å². The first-order valence-electron chi connectivity index (χ1n) is 28.4. The molecule has 0 unspecified atom stereocenters. The highest BCUT2D eigenvalue weighted by molar-refractivity contribution is 6.73. The van der Waals surface area contributed by atoms with E-state index in [0.717, 1.165) is 40.4 Å². The van der Waals surface area contributed by atoms with Crippen LogP contribution in [0.25, 0.3) is 49.7 Å². The predicted octanol–water partition coefficient (Wildman–Crippen LogP) is 19.1. The van der Waals surface area contributed by atoms with Gasteiger partial charge >= 0.3 is 0 Å². The molecule has 0 spiro atoms. The van der Waals surface area contributed by atoms with E-state index >= 15 is 0 Å². The number of aromatic nitrogens is 1. The van der Waals surface area contributed by atoms with Gasteiger partial charge in [0, 0.05) is 56.0 Å². The molecular formula is C73H81BN3. The fourth-order valence-electron chi connectivity index (χ4n) is 12.3. The number of rotatable bonds is 7. The first kappa shape index (κ1) is 52.3. The highest BCUT2D eigenvalue weighted by Gasteiger charge is 2.38. The van der Waals surface area contributed by atoms with Crippen LogP contribution < -0.4 is 21.1 Å². The number of nitrogens with zero attached hydrogens (tertiary/aromatic N) is 2. The van der Waals surface area contributed by atoms with Crippen LogP contribution in [0.3, 0.4) is 0 Å². The number of fused-ring (bicyclic) bond motifs is 6. The lowest BCUT2D eigenvalue weighted by atomic mass is 9.58. The first-order chi connectivity index (χ1) is 36.1. The summed E-state index contributed by atoms with van der Waals surface area (Å²) in [5, 5.41) is 6.86. The van der Waals surface area contributed by atoms with Gasteiger partial charge in [-0.3, -0.25) is 0 Å². The quantitative estimate of drug-likeness (QED) is 0.161. The molecule has 1 N–H and O–H groups in total. The molecule has 2 heterocycles. The van der Waals surface area contributed by atoms with E-state index in [1.165, 1.54) is 100 Å². The van der Waals surface area contributed by atoms with E-state index in [1.54, 1.807) is 0 Å². The van der Waals surface area contributed by atoms with Gasteiger partial charge in [-0.05, 0) is 186 Å². The summed E-state index contributed by atoms with van der Waals surface area (Å²) >= 11 is 0. The molecule has 0 saturated heterocycles. The van der Waals surface area contributed by atoms with E-state index in [9.17, 15) is 0 Å². The second-order valence-electron chi connectivity index (χ2n) is 28.3. The zero-order chi connectivity index (χ0) is 54.9. The Morgan fingerprint density at radius 3 is 1.57 bits per heavy atom. The monoisotopic (exact) mass is 1010 g/mol. The number of nitrogens with one attached hydrogen (secondary N) is 1. The summed E-state index contributed by atoms with van der Waals surface area (Å²) in [5.74, 6) is 0. The molecule has 0 bridgehead atoms. The third-order valence-electron chi connectivity index (χ3n) is 17.4. The van der Waals surface area contributed by atoms with E-state index in [-0.39, 0.29) is 32.5 Å². The molecule has 1 aliphatic carbocycles. The van der Waals surface area contributed by atoms with Crippen LogP contribution in [0.1, 0.15) is 163 Å². The standard InChI is InChI=1S/C73H81BN3/c1-45-37-59-60(73(16,17)36-35-72(59,14)15)44-62(45)75-63-43-54(76(52-28-23-48(24-29-52)68(2,3)4)53-30-25-49(26-31-53)69(5,6)7)32-33-55(63)57-38-47(46-21-19-18-20-22-46)39-65-66(57)74-61-42-51(71(11,12)13)41-58-56-40-50(70(8,9)10)27-34-64(56)77(65)67(58)61/h18-34,37-44,75H,35-36H2,1-17H3. The summed E-state index contributed by atoms with van der Waals surface area (Å²) in [4.78, 5) is 2.44. The van der Waals surface area contributed by atoms with Gasteiger partial charge < -0.3 is 14.8 Å². The zero-order valence-corrected chi connectivity index (χ0v) is 49.3. The molecule has 0 atom stereocenters. The number of hydrogen-bond donors (Lipinski definition) is 1. The molecule has 391 valence electrons. The van der Waals surface area contributed by atoms with Crippen molar-refractivity contribution < 1.29 is 0 Å². The maximum absolute atomic E-state index is 4.24. The third kappa shape index (κ3) is 9.42. The summed E-state index contributed by atoms with van der Waals surface area (Å²) in [7, 11) is 2.51. The fourth-order valence-corrected chi connectivity index (χ4v) is 12.3. The van der Waals surface area contributed by atoms with E-state index in [2.05, 4.69) is 291 Å². The average molecular weight is 1010 g/mol. The van der Waals surface area contributed by atoms with Crippen molar-refractivity contribution >= 4 is 68.4 Å². The van der Waals surface area contributed by atoms with Gasteiger partial charge in [-0.2, -0.15) is 0 Å². The van der Waals surface area contributed by atoms with Gasteiger partial charge in [-0.15, -0.1) is 0 Å². The minimum atomic E-state index is -0.0513. The van der Waals surface area contributed by atoms with Crippen molar-refractivity contribution in [2.24, 2.45) is 0 Å². The molecular weight excluding hydrogens is 930 g/mol. The van der Waals surface area contributed by atoms with Gasteiger partial charge in [0.25, 0.3) is 0 Å². The minimum Gasteiger partial charge on any atom is -0.355 e. The first-order valence-corrected chi connectivity index (χ1v) is 28.4. The van der Waals surface area contributed by atoms with Crippen molar-refractivity contribution in [2.45, 2.75) is 163 Å². The maximum atomic E-state index is 4.24. The van der Waals surface area contributed by atoms with E-state index in [0.29, 0.717) is 0 Å². The molecule has 2 aliphatic rings. The Balaban J connectivity index is 1.20. The molecule has 0 fully saturated rings. The SMILES string of the molecule is Cc1cc2c(cc1Nc1cc(N(c3ccc(C(C)(C)C)cc3)c3ccc(C(C)(C)C)cc3)ccc1-c1cc(-c3ccccc3)cc3c1[B]c1cc(C(C)(C)C)cc4c5cc(C(C)(C)C)ccc5n-3c14)C(C)(C)CCC2(C)C. The summed E-state index contributed by atoms with van der Waals surface area (Å²) in [6, 6.07) is 58.7. The van der Waals surface area contributed by atoms with Gasteiger partial charge in [0.15, 0.2) is 7.28 Å². The van der Waals surface area contributed by atoms with Gasteiger partial charge in [-0.25, -0.2) is 0 Å². The van der Waals surface area contributed by atoms with Gasteiger partial charge in [0.2, 0.25) is 0 Å². The summed E-state index contributed by atoms with van der Waals surface area (Å²) < 4.78 is 2.59. The Morgan fingerprint density at radius 2 is 1.00 bits per heavy atom. The maximum Gasteiger partial charge on any atom is 0.197 e. The molecule has 0 saturated carbocycles. The molecule has 1 radical (unpaired) electrons. The largest absolute Gasteiger partial charge is 0.355 e. The molecule has 77 heavy (non-hydrogen) atoms. The minimum absolute atomic E-state index is 0.00417. The molecule has 11 rings (SSSR count). The lowest BCUT2D eigenvalue weighted by molar-refractivity contribution is 0.332. The molecule has 4 heteroatoms. The summed E-state index contributed by atoms with van der Waals surface area (Å²) in [6.07, 6.45) is 2.33. The molecule has 1 aliphatic heterocycles. The summed E-state index contributed by atoms with van der Waals surface area (Å²) in [6.45, 7) is 39.8. The summed E-state index contributed by atoms with van der Waals surface area (Å²) in [5.41, 5.74) is 26.1. The van der Waals surface area contributed by atoms with Crippen LogP contribution in [-0.2, 0) is 32.5 Å². The lowest BCUT2D eigenvalue weighted by Crippen LogP contribution is -2.38. The fraction of sp³-hybridized carbons (Fsp3) is 0.342. The van der Waals surface area contributed by atoms with Crippen LogP contribution in [0.15, 0.2) is 152 Å². The topological polar surface area (TPSA) is 20.2 Å². The number of benzene rings is 8. The van der Waals surface area contributed by atoms with Crippen LogP contribution >= 0.6 is 0 Å². The average Bonchev–Trinajstić information content (AvgIpc) is 3.91. The number of aryl methyl sites for hydroxylation is 1. The Hall–Kier alpha value is -6.78. The van der Waals surface area contributed by atoms with Crippen molar-refractivity contribution in [1.82, 2.24) is 4.57 Å². The predicted molar refractivity (Wildman–Crippen MR) is 336 cm³/mol. The van der Waals surface area contributed by atoms with E-state index in [1.807, 2.05) is 0 Å². The molecule has 3 nitrogen and oxygen atoms in total. The van der Waals surface area contributed by atoms with Crippen LogP contribution in [0.4, 0.5) is 28.4 Å². The van der Waals surface area contributed by atoms with Gasteiger partial charge in [0.05, 0.1) is 5.52 Å². The highest BCUT2D eigenvalue weighted by Crippen LogP contribution is 2.49. The normalized spacial score (nSPS) is 15.0. The molecule has 0 amide bonds. The molecule has 9 aromatic rings. The van der Waals surface area contributed by atoms with Crippen molar-refractivity contribution in [3.8, 4) is 27.9 Å². The van der Waals surface area contributed by atoms with Crippen LogP contribution in [-0.4, -0.2) is 11.8 Å². The van der Waals surface area contributed by atoms with Crippen LogP contribution in [0.5, 0.6) is 0 Å². The van der Waals surface area contributed by atoms with E-state index < -0.39 is 0 Å². The molecule has 8 aromatic carbocycles. The van der Waals surface area contributed by atoms with Crippen molar-refractivity contribution in [2.75, 3.05) is 10.2 Å². The van der Waals surface area contributed by atoms with Crippen molar-refractivity contribution in [1.29, 1.82) is 0 Å². The Kier molecular flexibility index (Phi) is 12.3. The third-order valence-corrected chi connectivity index (χ3v) is 17.4. The van der Waals surface area contributed by atoms with Crippen molar-refractivity contribution in [3.63, 3.8) is 0 Å². The Labute approximate surface area is 462 Å². The number of anilines is 5. The second-order valence-corrected chi connectivity index (χ2v) is 28.3.